The topological polar surface area (TPSA) is 52.3 Å². The molecule has 0 bridgehead atoms. The van der Waals surface area contributed by atoms with Crippen LogP contribution in [0.5, 0.6) is 0 Å². The van der Waals surface area contributed by atoms with Crippen molar-refractivity contribution in [2.75, 3.05) is 12.8 Å². The predicted molar refractivity (Wildman–Crippen MR) is 84.6 cm³/mol. The van der Waals surface area contributed by atoms with Crippen LogP contribution in [0.2, 0.25) is 5.02 Å². The van der Waals surface area contributed by atoms with E-state index < -0.39 is 5.97 Å². The highest BCUT2D eigenvalue weighted by Crippen LogP contribution is 2.40. The van der Waals surface area contributed by atoms with Gasteiger partial charge >= 0.3 is 5.97 Å². The molecule has 2 N–H and O–H groups in total. The second-order valence-electron chi connectivity index (χ2n) is 4.45. The summed E-state index contributed by atoms with van der Waals surface area (Å²) < 4.78 is 4.85. The summed E-state index contributed by atoms with van der Waals surface area (Å²) in [7, 11) is 1.36. The molecule has 0 aliphatic rings. The molecule has 1 aromatic carbocycles. The van der Waals surface area contributed by atoms with Gasteiger partial charge in [0.25, 0.3) is 0 Å². The predicted octanol–water partition coefficient (Wildman–Crippen LogP) is 4.31. The van der Waals surface area contributed by atoms with Gasteiger partial charge in [0.15, 0.2) is 0 Å². The third-order valence-electron chi connectivity index (χ3n) is 3.17. The van der Waals surface area contributed by atoms with Crippen LogP contribution in [-0.2, 0) is 11.2 Å². The molecular weight excluding hydrogens is 294 g/mol. The number of benzene rings is 1. The highest BCUT2D eigenvalue weighted by molar-refractivity contribution is 7.17. The van der Waals surface area contributed by atoms with Gasteiger partial charge in [-0.15, -0.1) is 11.3 Å². The van der Waals surface area contributed by atoms with Gasteiger partial charge in [-0.3, -0.25) is 0 Å². The summed E-state index contributed by atoms with van der Waals surface area (Å²) in [4.78, 5) is 13.1. The summed E-state index contributed by atoms with van der Waals surface area (Å²) in [6, 6.07) is 5.71. The van der Waals surface area contributed by atoms with Gasteiger partial charge in [-0.2, -0.15) is 0 Å². The number of carbonyl (C=O) groups excluding carboxylic acids is 1. The monoisotopic (exact) mass is 309 g/mol. The number of halogens is 1. The lowest BCUT2D eigenvalue weighted by Gasteiger charge is -2.08. The van der Waals surface area contributed by atoms with Crippen LogP contribution in [0.1, 0.15) is 27.7 Å². The van der Waals surface area contributed by atoms with E-state index in [9.17, 15) is 4.79 Å². The lowest BCUT2D eigenvalue weighted by molar-refractivity contribution is 0.0603. The van der Waals surface area contributed by atoms with Gasteiger partial charge in [0.05, 0.1) is 7.11 Å². The van der Waals surface area contributed by atoms with Crippen LogP contribution in [0.4, 0.5) is 5.00 Å². The Kier molecular flexibility index (Phi) is 4.35. The Morgan fingerprint density at radius 1 is 1.45 bits per heavy atom. The Labute approximate surface area is 127 Å². The molecule has 3 nitrogen and oxygen atoms in total. The van der Waals surface area contributed by atoms with E-state index in [1.807, 2.05) is 32.0 Å². The van der Waals surface area contributed by atoms with Gasteiger partial charge in [0, 0.05) is 15.5 Å². The van der Waals surface area contributed by atoms with E-state index in [0.717, 1.165) is 28.0 Å². The highest BCUT2D eigenvalue weighted by atomic mass is 35.5. The Morgan fingerprint density at radius 2 is 2.15 bits per heavy atom. The van der Waals surface area contributed by atoms with Crippen molar-refractivity contribution in [3.05, 3.63) is 39.2 Å². The van der Waals surface area contributed by atoms with Crippen LogP contribution in [0.25, 0.3) is 11.1 Å². The van der Waals surface area contributed by atoms with Crippen LogP contribution >= 0.6 is 22.9 Å². The molecule has 0 atom stereocenters. The third kappa shape index (κ3) is 2.53. The number of anilines is 1. The van der Waals surface area contributed by atoms with Gasteiger partial charge in [-0.1, -0.05) is 24.6 Å². The largest absolute Gasteiger partial charge is 0.465 e. The first kappa shape index (κ1) is 14.9. The molecule has 0 aliphatic heterocycles. The molecule has 5 heteroatoms. The first-order chi connectivity index (χ1) is 9.49. The Morgan fingerprint density at radius 3 is 2.70 bits per heavy atom. The number of methoxy groups -OCH3 is 1. The second kappa shape index (κ2) is 5.85. The van der Waals surface area contributed by atoms with Gasteiger partial charge in [-0.25, -0.2) is 4.79 Å². The van der Waals surface area contributed by atoms with Crippen molar-refractivity contribution >= 4 is 33.9 Å². The van der Waals surface area contributed by atoms with Gasteiger partial charge in [0.1, 0.15) is 10.6 Å². The van der Waals surface area contributed by atoms with Crippen molar-refractivity contribution < 1.29 is 9.53 Å². The Hall–Kier alpha value is -1.52. The number of ether oxygens (including phenoxy) is 1. The standard InChI is InChI=1S/C15H16ClNO2S/c1-4-11-12(9-5-6-10(16)8(2)7-9)13(14(17)20-11)15(18)19-3/h5-7H,4,17H2,1-3H3. The van der Waals surface area contributed by atoms with E-state index in [0.29, 0.717) is 15.6 Å². The summed E-state index contributed by atoms with van der Waals surface area (Å²) in [6.45, 7) is 3.98. The number of aryl methyl sites for hydroxylation is 2. The number of hydrogen-bond donors (Lipinski definition) is 1. The number of nitrogens with two attached hydrogens (primary N) is 1. The number of rotatable bonds is 3. The van der Waals surface area contributed by atoms with E-state index in [1.165, 1.54) is 18.4 Å². The quantitative estimate of drug-likeness (QED) is 0.860. The molecule has 2 rings (SSSR count). The number of thiophene rings is 1. The third-order valence-corrected chi connectivity index (χ3v) is 4.75. The van der Waals surface area contributed by atoms with E-state index in [2.05, 4.69) is 0 Å². The van der Waals surface area contributed by atoms with Crippen molar-refractivity contribution in [3.63, 3.8) is 0 Å². The van der Waals surface area contributed by atoms with E-state index >= 15 is 0 Å². The molecule has 2 aromatic rings. The average molecular weight is 310 g/mol. The lowest BCUT2D eigenvalue weighted by atomic mass is 9.98. The summed E-state index contributed by atoms with van der Waals surface area (Å²) in [6.07, 6.45) is 0.808. The summed E-state index contributed by atoms with van der Waals surface area (Å²) >= 11 is 7.50. The highest BCUT2D eigenvalue weighted by Gasteiger charge is 2.23. The molecular formula is C15H16ClNO2S. The van der Waals surface area contributed by atoms with Gasteiger partial charge < -0.3 is 10.5 Å². The lowest BCUT2D eigenvalue weighted by Crippen LogP contribution is -2.05. The molecule has 0 saturated carbocycles. The van der Waals surface area contributed by atoms with Crippen LogP contribution in [-0.4, -0.2) is 13.1 Å². The molecule has 0 saturated heterocycles. The minimum atomic E-state index is -0.402. The smallest absolute Gasteiger partial charge is 0.341 e. The van der Waals surface area contributed by atoms with Gasteiger partial charge in [-0.05, 0) is 36.6 Å². The van der Waals surface area contributed by atoms with Crippen molar-refractivity contribution in [2.45, 2.75) is 20.3 Å². The zero-order chi connectivity index (χ0) is 14.9. The zero-order valence-electron chi connectivity index (χ0n) is 11.6. The van der Waals surface area contributed by atoms with Crippen molar-refractivity contribution in [1.82, 2.24) is 0 Å². The van der Waals surface area contributed by atoms with Crippen molar-refractivity contribution in [3.8, 4) is 11.1 Å². The SMILES string of the molecule is CCc1sc(N)c(C(=O)OC)c1-c1ccc(Cl)c(C)c1. The van der Waals surface area contributed by atoms with Crippen LogP contribution in [0, 0.1) is 6.92 Å². The van der Waals surface area contributed by atoms with E-state index in [-0.39, 0.29) is 0 Å². The number of carbonyl (C=O) groups is 1. The Balaban J connectivity index is 2.70. The fourth-order valence-corrected chi connectivity index (χ4v) is 3.29. The zero-order valence-corrected chi connectivity index (χ0v) is 13.2. The summed E-state index contributed by atoms with van der Waals surface area (Å²) in [5, 5.41) is 1.20. The molecule has 106 valence electrons. The first-order valence-corrected chi connectivity index (χ1v) is 7.45. The minimum absolute atomic E-state index is 0.402. The molecule has 0 aliphatic carbocycles. The Bertz CT molecular complexity index is 664. The van der Waals surface area contributed by atoms with Crippen molar-refractivity contribution in [1.29, 1.82) is 0 Å². The minimum Gasteiger partial charge on any atom is -0.465 e. The molecule has 1 heterocycles. The van der Waals surface area contributed by atoms with Crippen molar-refractivity contribution in [2.24, 2.45) is 0 Å². The number of esters is 1. The molecule has 1 aromatic heterocycles. The molecule has 0 unspecified atom stereocenters. The van der Waals surface area contributed by atoms with Crippen LogP contribution in [0.3, 0.4) is 0 Å². The average Bonchev–Trinajstić information content (AvgIpc) is 2.77. The molecule has 0 spiro atoms. The molecule has 0 fully saturated rings. The van der Waals surface area contributed by atoms with E-state index in [4.69, 9.17) is 22.1 Å². The molecule has 0 radical (unpaired) electrons. The maximum Gasteiger partial charge on any atom is 0.341 e. The maximum absolute atomic E-state index is 12.0. The maximum atomic E-state index is 12.0. The molecule has 20 heavy (non-hydrogen) atoms. The first-order valence-electron chi connectivity index (χ1n) is 6.25. The molecule has 0 amide bonds. The fourth-order valence-electron chi connectivity index (χ4n) is 2.16. The summed E-state index contributed by atoms with van der Waals surface area (Å²) in [5.74, 6) is -0.402. The van der Waals surface area contributed by atoms with Gasteiger partial charge in [0.2, 0.25) is 0 Å². The summed E-state index contributed by atoms with van der Waals surface area (Å²) in [5.41, 5.74) is 9.21. The second-order valence-corrected chi connectivity index (χ2v) is 5.99. The van der Waals surface area contributed by atoms with E-state index in [1.54, 1.807) is 0 Å². The fraction of sp³-hybridized carbons (Fsp3) is 0.267. The number of hydrogen-bond acceptors (Lipinski definition) is 4. The number of nitrogen functional groups attached to an aromatic ring is 1. The van der Waals surface area contributed by atoms with Crippen LogP contribution < -0.4 is 5.73 Å². The normalized spacial score (nSPS) is 10.6. The van der Waals surface area contributed by atoms with Crippen LogP contribution in [0.15, 0.2) is 18.2 Å².